The van der Waals surface area contributed by atoms with Crippen LogP contribution in [0.25, 0.3) is 0 Å². The lowest BCUT2D eigenvalue weighted by Crippen LogP contribution is -2.40. The number of amides is 1. The quantitative estimate of drug-likeness (QED) is 0.876. The van der Waals surface area contributed by atoms with Gasteiger partial charge in [-0.25, -0.2) is 4.79 Å². The van der Waals surface area contributed by atoms with E-state index >= 15 is 0 Å². The maximum atomic E-state index is 11.1. The molecule has 3 rings (SSSR count). The molecule has 1 saturated heterocycles. The van der Waals surface area contributed by atoms with Crippen molar-refractivity contribution >= 4 is 6.09 Å². The molecule has 0 saturated carbocycles. The van der Waals surface area contributed by atoms with Crippen molar-refractivity contribution in [3.8, 4) is 0 Å². The molecule has 1 amide bonds. The second kappa shape index (κ2) is 6.74. The molecule has 0 bridgehead atoms. The number of carbonyl (C=O) groups is 1. The van der Waals surface area contributed by atoms with E-state index in [2.05, 4.69) is 15.4 Å². The molecule has 2 aromatic rings. The Balaban J connectivity index is 1.86. The number of carboxylic acid groups (broad SMARTS) is 1. The number of nitrogens with zero attached hydrogens (tertiary/aromatic N) is 5. The van der Waals surface area contributed by atoms with Crippen molar-refractivity contribution in [3.05, 3.63) is 41.7 Å². The topological polar surface area (TPSA) is 104 Å². The van der Waals surface area contributed by atoms with Crippen LogP contribution in [0.4, 0.5) is 4.79 Å². The first kappa shape index (κ1) is 15.4. The molecule has 23 heavy (non-hydrogen) atoms. The Morgan fingerprint density at radius 1 is 1.26 bits per heavy atom. The summed E-state index contributed by atoms with van der Waals surface area (Å²) >= 11 is 0. The summed E-state index contributed by atoms with van der Waals surface area (Å²) in [6, 6.07) is 9.77. The first-order valence-electron chi connectivity index (χ1n) is 7.61. The summed E-state index contributed by atoms with van der Waals surface area (Å²) in [5, 5.41) is 30.4. The van der Waals surface area contributed by atoms with Crippen LogP contribution in [0.5, 0.6) is 0 Å². The van der Waals surface area contributed by atoms with Crippen LogP contribution in [0.15, 0.2) is 30.3 Å². The number of hydrogen-bond acceptors (Lipinski definition) is 5. The van der Waals surface area contributed by atoms with Gasteiger partial charge in [-0.2, -0.15) is 4.80 Å². The zero-order valence-corrected chi connectivity index (χ0v) is 12.6. The van der Waals surface area contributed by atoms with Gasteiger partial charge < -0.3 is 15.1 Å². The van der Waals surface area contributed by atoms with Crippen molar-refractivity contribution in [1.82, 2.24) is 25.1 Å². The lowest BCUT2D eigenvalue weighted by atomic mass is 9.86. The van der Waals surface area contributed by atoms with E-state index in [1.807, 2.05) is 30.3 Å². The first-order valence-corrected chi connectivity index (χ1v) is 7.61. The number of hydrogen-bond donors (Lipinski definition) is 2. The average molecular weight is 317 g/mol. The van der Waals surface area contributed by atoms with Crippen LogP contribution in [0, 0.1) is 5.92 Å². The molecule has 8 heteroatoms. The fourth-order valence-corrected chi connectivity index (χ4v) is 3.09. The molecule has 2 heterocycles. The van der Waals surface area contributed by atoms with Gasteiger partial charge in [0.15, 0.2) is 5.82 Å². The Morgan fingerprint density at radius 2 is 1.96 bits per heavy atom. The third-order valence-corrected chi connectivity index (χ3v) is 4.26. The number of benzene rings is 1. The second-order valence-electron chi connectivity index (χ2n) is 5.65. The first-order chi connectivity index (χ1) is 11.2. The molecule has 1 aromatic heterocycles. The summed E-state index contributed by atoms with van der Waals surface area (Å²) in [6.07, 6.45) is 0.602. The minimum absolute atomic E-state index is 0.111. The summed E-state index contributed by atoms with van der Waals surface area (Å²) in [6.45, 7) is 0.759. The minimum atomic E-state index is -0.874. The van der Waals surface area contributed by atoms with E-state index in [4.69, 9.17) is 10.2 Å². The SMILES string of the molecule is O=C(O)N1CCC(C(c2ccccc2)n2nnc(CO)n2)CC1. The van der Waals surface area contributed by atoms with Gasteiger partial charge in [0.1, 0.15) is 12.6 Å². The summed E-state index contributed by atoms with van der Waals surface area (Å²) in [5.41, 5.74) is 1.06. The van der Waals surface area contributed by atoms with E-state index in [1.165, 1.54) is 4.90 Å². The fourth-order valence-electron chi connectivity index (χ4n) is 3.09. The highest BCUT2D eigenvalue weighted by Gasteiger charge is 2.32. The van der Waals surface area contributed by atoms with Crippen LogP contribution in [0.2, 0.25) is 0 Å². The van der Waals surface area contributed by atoms with Crippen molar-refractivity contribution < 1.29 is 15.0 Å². The van der Waals surface area contributed by atoms with E-state index in [9.17, 15) is 4.79 Å². The van der Waals surface area contributed by atoms with Gasteiger partial charge in [0.05, 0.1) is 0 Å². The van der Waals surface area contributed by atoms with Crippen LogP contribution in [-0.2, 0) is 6.61 Å². The van der Waals surface area contributed by atoms with Gasteiger partial charge in [-0.15, -0.1) is 10.2 Å². The normalized spacial score (nSPS) is 17.2. The van der Waals surface area contributed by atoms with Gasteiger partial charge in [0.25, 0.3) is 0 Å². The van der Waals surface area contributed by atoms with Crippen LogP contribution >= 0.6 is 0 Å². The number of piperidine rings is 1. The van der Waals surface area contributed by atoms with Crippen molar-refractivity contribution in [2.45, 2.75) is 25.5 Å². The van der Waals surface area contributed by atoms with Crippen molar-refractivity contribution in [1.29, 1.82) is 0 Å². The zero-order valence-electron chi connectivity index (χ0n) is 12.6. The third kappa shape index (κ3) is 3.31. The predicted octanol–water partition coefficient (Wildman–Crippen LogP) is 1.14. The summed E-state index contributed by atoms with van der Waals surface area (Å²) < 4.78 is 0. The van der Waals surface area contributed by atoms with E-state index in [1.54, 1.807) is 4.80 Å². The highest BCUT2D eigenvalue weighted by molar-refractivity contribution is 5.65. The number of rotatable bonds is 4. The van der Waals surface area contributed by atoms with Crippen LogP contribution < -0.4 is 0 Å². The largest absolute Gasteiger partial charge is 0.465 e. The highest BCUT2D eigenvalue weighted by atomic mass is 16.4. The number of aliphatic hydroxyl groups is 1. The monoisotopic (exact) mass is 317 g/mol. The van der Waals surface area contributed by atoms with E-state index < -0.39 is 6.09 Å². The summed E-state index contributed by atoms with van der Waals surface area (Å²) in [7, 11) is 0. The lowest BCUT2D eigenvalue weighted by molar-refractivity contribution is 0.114. The fraction of sp³-hybridized carbons (Fsp3) is 0.467. The molecule has 1 aliphatic rings. The van der Waals surface area contributed by atoms with E-state index in [-0.39, 0.29) is 24.4 Å². The Kier molecular flexibility index (Phi) is 4.52. The van der Waals surface area contributed by atoms with E-state index in [0.717, 1.165) is 18.4 Å². The van der Waals surface area contributed by atoms with Gasteiger partial charge in [-0.1, -0.05) is 30.3 Å². The molecule has 1 aliphatic heterocycles. The van der Waals surface area contributed by atoms with Crippen molar-refractivity contribution in [2.75, 3.05) is 13.1 Å². The molecule has 1 aromatic carbocycles. The van der Waals surface area contributed by atoms with Gasteiger partial charge in [0, 0.05) is 13.1 Å². The molecule has 122 valence electrons. The minimum Gasteiger partial charge on any atom is -0.465 e. The molecular weight excluding hydrogens is 298 g/mol. The number of aromatic nitrogens is 4. The molecule has 8 nitrogen and oxygen atoms in total. The maximum Gasteiger partial charge on any atom is 0.407 e. The van der Waals surface area contributed by atoms with Gasteiger partial charge in [0.2, 0.25) is 0 Å². The summed E-state index contributed by atoms with van der Waals surface area (Å²) in [5.74, 6) is 0.502. The summed E-state index contributed by atoms with van der Waals surface area (Å²) in [4.78, 5) is 14.1. The van der Waals surface area contributed by atoms with Crippen LogP contribution in [0.1, 0.15) is 30.3 Å². The Morgan fingerprint density at radius 3 is 2.52 bits per heavy atom. The van der Waals surface area contributed by atoms with Crippen LogP contribution in [-0.4, -0.2) is 54.5 Å². The average Bonchev–Trinajstić information content (AvgIpc) is 3.05. The van der Waals surface area contributed by atoms with Crippen LogP contribution in [0.3, 0.4) is 0 Å². The number of aliphatic hydroxyl groups excluding tert-OH is 1. The van der Waals surface area contributed by atoms with Gasteiger partial charge in [-0.05, 0) is 29.5 Å². The van der Waals surface area contributed by atoms with E-state index in [0.29, 0.717) is 13.1 Å². The molecular formula is C15H19N5O3. The van der Waals surface area contributed by atoms with Crippen molar-refractivity contribution in [3.63, 3.8) is 0 Å². The number of likely N-dealkylation sites (tertiary alicyclic amines) is 1. The Labute approximate surface area is 133 Å². The smallest absolute Gasteiger partial charge is 0.407 e. The Hall–Kier alpha value is -2.48. The predicted molar refractivity (Wildman–Crippen MR) is 80.6 cm³/mol. The molecule has 1 unspecified atom stereocenters. The molecule has 0 aliphatic carbocycles. The Bertz CT molecular complexity index is 652. The third-order valence-electron chi connectivity index (χ3n) is 4.26. The zero-order chi connectivity index (χ0) is 16.2. The van der Waals surface area contributed by atoms with Gasteiger partial charge in [-0.3, -0.25) is 0 Å². The molecule has 0 spiro atoms. The molecule has 1 atom stereocenters. The molecule has 2 N–H and O–H groups in total. The molecule has 1 fully saturated rings. The lowest BCUT2D eigenvalue weighted by Gasteiger charge is -2.34. The second-order valence-corrected chi connectivity index (χ2v) is 5.65. The highest BCUT2D eigenvalue weighted by Crippen LogP contribution is 2.33. The van der Waals surface area contributed by atoms with Gasteiger partial charge >= 0.3 is 6.09 Å². The number of tetrazole rings is 1. The standard InChI is InChI=1S/C15H19N5O3/c21-10-13-16-18-20(17-13)14(11-4-2-1-3-5-11)12-6-8-19(9-7-12)15(22)23/h1-5,12,14,21H,6-10H2,(H,22,23). The molecule has 0 radical (unpaired) electrons. The van der Waals surface area contributed by atoms with Crippen molar-refractivity contribution in [2.24, 2.45) is 5.92 Å². The maximum absolute atomic E-state index is 11.1.